The van der Waals surface area contributed by atoms with E-state index in [1.807, 2.05) is 0 Å². The Morgan fingerprint density at radius 2 is 1.18 bits per heavy atom. The molecule has 0 aromatic heterocycles. The largest absolute Gasteiger partial charge is 0.359 e. The smallest absolute Gasteiger partial charge is 0.232 e. The molecule has 8 rings (SSSR count). The third kappa shape index (κ3) is 2.80. The fourth-order valence-corrected chi connectivity index (χ4v) is 9.99. The Bertz CT molecular complexity index is 630. The maximum Gasteiger partial charge on any atom is 0.232 e. The van der Waals surface area contributed by atoms with Crippen molar-refractivity contribution in [2.75, 3.05) is 0 Å². The average Bonchev–Trinajstić information content (AvgIpc) is 2.59. The number of hydrogen-bond donors (Lipinski definition) is 2. The highest BCUT2D eigenvalue weighted by Crippen LogP contribution is 2.62. The van der Waals surface area contributed by atoms with Gasteiger partial charge >= 0.3 is 0 Å². The van der Waals surface area contributed by atoms with E-state index in [-0.39, 0.29) is 11.3 Å². The molecule has 3 nitrogen and oxygen atoms in total. The molecule has 8 fully saturated rings. The van der Waals surface area contributed by atoms with E-state index < -0.39 is 0 Å². The molecule has 8 saturated carbocycles. The molecule has 154 valence electrons. The predicted molar refractivity (Wildman–Crippen MR) is 115 cm³/mol. The van der Waals surface area contributed by atoms with Crippen LogP contribution in [0.1, 0.15) is 84.0 Å². The van der Waals surface area contributed by atoms with Gasteiger partial charge in [-0.15, -0.1) is 0 Å². The van der Waals surface area contributed by atoms with Gasteiger partial charge in [-0.1, -0.05) is 0 Å². The van der Waals surface area contributed by atoms with Gasteiger partial charge in [-0.05, 0) is 137 Å². The number of hydrogen-bond acceptors (Lipinski definition) is 2. The van der Waals surface area contributed by atoms with Crippen molar-refractivity contribution in [1.82, 2.24) is 10.6 Å². The molecule has 4 heteroatoms. The summed E-state index contributed by atoms with van der Waals surface area (Å²) in [5.41, 5.74) is 0.314. The number of carbonyl (C=O) groups excluding carboxylic acids is 1. The number of rotatable bonds is 3. The lowest BCUT2D eigenvalue weighted by Crippen LogP contribution is -2.59. The fourth-order valence-electron chi connectivity index (χ4n) is 9.72. The molecule has 0 aromatic rings. The lowest BCUT2D eigenvalue weighted by Gasteiger charge is -2.59. The monoisotopic (exact) mass is 400 g/mol. The van der Waals surface area contributed by atoms with E-state index in [1.165, 1.54) is 57.8 Å². The van der Waals surface area contributed by atoms with Gasteiger partial charge in [-0.25, -0.2) is 0 Å². The first-order valence-electron chi connectivity index (χ1n) is 12.0. The van der Waals surface area contributed by atoms with Crippen LogP contribution in [0.2, 0.25) is 0 Å². The molecular formula is C24H36N2OS. The Kier molecular flexibility index (Phi) is 4.01. The minimum absolute atomic E-state index is 0.107. The number of nitrogens with one attached hydrogen (secondary N) is 2. The van der Waals surface area contributed by atoms with Crippen LogP contribution in [0.5, 0.6) is 0 Å². The molecule has 0 heterocycles. The summed E-state index contributed by atoms with van der Waals surface area (Å²) in [7, 11) is 0. The van der Waals surface area contributed by atoms with Crippen molar-refractivity contribution >= 4 is 23.2 Å². The van der Waals surface area contributed by atoms with Gasteiger partial charge < -0.3 is 10.6 Å². The average molecular weight is 401 g/mol. The van der Waals surface area contributed by atoms with Crippen molar-refractivity contribution in [3.8, 4) is 0 Å². The maximum atomic E-state index is 13.3. The van der Waals surface area contributed by atoms with E-state index in [0.29, 0.717) is 16.6 Å². The third-order valence-corrected chi connectivity index (χ3v) is 10.3. The zero-order chi connectivity index (χ0) is 19.1. The Morgan fingerprint density at radius 1 is 0.786 bits per heavy atom. The molecule has 8 aliphatic rings. The van der Waals surface area contributed by atoms with E-state index in [1.54, 1.807) is 0 Å². The summed E-state index contributed by atoms with van der Waals surface area (Å²) < 4.78 is 0. The normalized spacial score (nSPS) is 51.2. The molecule has 1 atom stereocenters. The highest BCUT2D eigenvalue weighted by atomic mass is 32.1. The fraction of sp³-hybridized carbons (Fsp3) is 0.917. The maximum absolute atomic E-state index is 13.3. The minimum Gasteiger partial charge on any atom is -0.359 e. The summed E-state index contributed by atoms with van der Waals surface area (Å²) >= 11 is 5.67. The van der Waals surface area contributed by atoms with Gasteiger partial charge in [0.2, 0.25) is 5.91 Å². The van der Waals surface area contributed by atoms with Crippen molar-refractivity contribution in [1.29, 1.82) is 0 Å². The van der Waals surface area contributed by atoms with E-state index in [9.17, 15) is 4.79 Å². The van der Waals surface area contributed by atoms with Crippen LogP contribution in [-0.2, 0) is 4.79 Å². The third-order valence-electron chi connectivity index (χ3n) is 10.1. The molecule has 0 unspecified atom stereocenters. The Labute approximate surface area is 175 Å². The van der Waals surface area contributed by atoms with Crippen LogP contribution >= 0.6 is 12.2 Å². The second-order valence-corrected chi connectivity index (χ2v) is 12.5. The van der Waals surface area contributed by atoms with Gasteiger partial charge in [0.15, 0.2) is 5.11 Å². The van der Waals surface area contributed by atoms with E-state index >= 15 is 0 Å². The molecule has 0 radical (unpaired) electrons. The number of thiocarbonyl (C=S) groups is 1. The molecule has 8 aliphatic carbocycles. The van der Waals surface area contributed by atoms with E-state index in [0.717, 1.165) is 54.8 Å². The minimum atomic E-state index is -0.107. The molecule has 28 heavy (non-hydrogen) atoms. The second-order valence-electron chi connectivity index (χ2n) is 12.1. The molecule has 2 N–H and O–H groups in total. The summed E-state index contributed by atoms with van der Waals surface area (Å²) in [6.45, 7) is 2.33. The van der Waals surface area contributed by atoms with Crippen LogP contribution in [0.15, 0.2) is 0 Å². The standard InChI is InChI=1S/C24H36N2OS/c1-14(23-8-15-2-16(9-23)4-17(3-15)10-23)25-22(28)26-21(27)24-11-18-5-19(12-24)7-20(6-18)13-24/h14-20H,2-13H2,1H3,(H2,25,26,27,28)/t14-,15?,16?,17?,18?,19?,20?,23?,24?/m1/s1. The molecule has 1 amide bonds. The van der Waals surface area contributed by atoms with Crippen molar-refractivity contribution in [2.45, 2.75) is 90.0 Å². The van der Waals surface area contributed by atoms with Crippen molar-refractivity contribution < 1.29 is 4.79 Å². The summed E-state index contributed by atoms with van der Waals surface area (Å²) in [4.78, 5) is 13.3. The lowest BCUT2D eigenvalue weighted by atomic mass is 9.48. The highest BCUT2D eigenvalue weighted by molar-refractivity contribution is 7.80. The Morgan fingerprint density at radius 3 is 1.61 bits per heavy atom. The first-order chi connectivity index (χ1) is 13.4. The topological polar surface area (TPSA) is 41.1 Å². The molecule has 0 aromatic carbocycles. The van der Waals surface area contributed by atoms with Crippen LogP contribution < -0.4 is 10.6 Å². The molecular weight excluding hydrogens is 364 g/mol. The number of carbonyl (C=O) groups is 1. The summed E-state index contributed by atoms with van der Waals surface area (Å²) in [5.74, 6) is 5.47. The van der Waals surface area contributed by atoms with E-state index in [2.05, 4.69) is 17.6 Å². The van der Waals surface area contributed by atoms with Crippen molar-refractivity contribution in [2.24, 2.45) is 46.3 Å². The summed E-state index contributed by atoms with van der Waals surface area (Å²) in [6.07, 6.45) is 16.0. The summed E-state index contributed by atoms with van der Waals surface area (Å²) in [5, 5.41) is 7.38. The Hall–Kier alpha value is -0.640. The second kappa shape index (κ2) is 6.18. The lowest BCUT2D eigenvalue weighted by molar-refractivity contribution is -0.144. The van der Waals surface area contributed by atoms with Gasteiger partial charge in [0.1, 0.15) is 0 Å². The van der Waals surface area contributed by atoms with Gasteiger partial charge in [0.05, 0.1) is 5.41 Å². The zero-order valence-electron chi connectivity index (χ0n) is 17.3. The quantitative estimate of drug-likeness (QED) is 0.669. The van der Waals surface area contributed by atoms with Gasteiger partial charge in [0.25, 0.3) is 0 Å². The molecule has 0 spiro atoms. The van der Waals surface area contributed by atoms with Crippen LogP contribution in [0, 0.1) is 46.3 Å². The Balaban J connectivity index is 1.11. The predicted octanol–water partition coefficient (Wildman–Crippen LogP) is 4.80. The first kappa shape index (κ1) is 18.2. The van der Waals surface area contributed by atoms with Crippen molar-refractivity contribution in [3.05, 3.63) is 0 Å². The van der Waals surface area contributed by atoms with Crippen LogP contribution in [-0.4, -0.2) is 17.1 Å². The van der Waals surface area contributed by atoms with Gasteiger partial charge in [-0.2, -0.15) is 0 Å². The molecule has 0 saturated heterocycles. The van der Waals surface area contributed by atoms with Crippen LogP contribution in [0.3, 0.4) is 0 Å². The first-order valence-corrected chi connectivity index (χ1v) is 12.4. The molecule has 8 bridgehead atoms. The SMILES string of the molecule is C[C@@H](NC(=S)NC(=O)C12CC3CC(CC(C3)C1)C2)C12CC3CC(CC(C3)C1)C2. The van der Waals surface area contributed by atoms with E-state index in [4.69, 9.17) is 12.2 Å². The van der Waals surface area contributed by atoms with Crippen LogP contribution in [0.4, 0.5) is 0 Å². The zero-order valence-corrected chi connectivity index (χ0v) is 18.2. The summed E-state index contributed by atoms with van der Waals surface area (Å²) in [6, 6.07) is 0.380. The van der Waals surface area contributed by atoms with Gasteiger partial charge in [-0.3, -0.25) is 4.79 Å². The van der Waals surface area contributed by atoms with Crippen molar-refractivity contribution in [3.63, 3.8) is 0 Å². The molecule has 0 aliphatic heterocycles. The van der Waals surface area contributed by atoms with Gasteiger partial charge in [0, 0.05) is 6.04 Å². The number of amides is 1. The highest BCUT2D eigenvalue weighted by Gasteiger charge is 2.55. The van der Waals surface area contributed by atoms with Crippen LogP contribution in [0.25, 0.3) is 0 Å².